The second-order valence-electron chi connectivity index (χ2n) is 2.12. The largest absolute Gasteiger partial charge is 1.00 e. The molecule has 0 heterocycles. The van der Waals surface area contributed by atoms with E-state index in [9.17, 15) is 13.0 Å². The van der Waals surface area contributed by atoms with E-state index >= 15 is 0 Å². The maximum atomic E-state index is 10.4. The first-order valence-electron chi connectivity index (χ1n) is 3.06. The summed E-state index contributed by atoms with van der Waals surface area (Å²) < 4.78 is 31.3. The van der Waals surface area contributed by atoms with E-state index in [0.717, 1.165) is 0 Å². The predicted octanol–water partition coefficient (Wildman–Crippen LogP) is -3.12. The first-order chi connectivity index (χ1) is 5.54. The molecule has 1 aromatic rings. The third-order valence-corrected chi connectivity index (χ3v) is 2.16. The molecule has 1 aromatic carbocycles. The van der Waals surface area contributed by atoms with E-state index in [1.807, 2.05) is 0 Å². The molecule has 0 unspecified atom stereocenters. The first kappa shape index (κ1) is 12.9. The van der Waals surface area contributed by atoms with Gasteiger partial charge < -0.3 is 9.98 Å². The third-order valence-electron chi connectivity index (χ3n) is 1.31. The van der Waals surface area contributed by atoms with Gasteiger partial charge in [-0.25, -0.2) is 8.42 Å². The SMILES string of the molecule is NNc1ccc(S(=O)(=O)[O-])cc1.[Na+]. The van der Waals surface area contributed by atoms with Crippen LogP contribution in [0.3, 0.4) is 0 Å². The number of nitrogen functional groups attached to an aromatic ring is 1. The summed E-state index contributed by atoms with van der Waals surface area (Å²) >= 11 is 0. The monoisotopic (exact) mass is 210 g/mol. The van der Waals surface area contributed by atoms with Crippen LogP contribution in [-0.4, -0.2) is 13.0 Å². The molecule has 5 nitrogen and oxygen atoms in total. The summed E-state index contributed by atoms with van der Waals surface area (Å²) in [5.74, 6) is 5.03. The smallest absolute Gasteiger partial charge is 0.744 e. The Labute approximate surface area is 98.3 Å². The number of nitrogens with two attached hydrogens (primary N) is 1. The van der Waals surface area contributed by atoms with E-state index in [1.165, 1.54) is 24.3 Å². The molecule has 0 aromatic heterocycles. The summed E-state index contributed by atoms with van der Waals surface area (Å²) in [7, 11) is -4.35. The quantitative estimate of drug-likeness (QED) is 0.233. The number of nitrogens with one attached hydrogen (secondary N) is 1. The summed E-state index contributed by atoms with van der Waals surface area (Å²) in [5, 5.41) is 0. The molecule has 1 rings (SSSR count). The van der Waals surface area contributed by atoms with E-state index in [2.05, 4.69) is 5.43 Å². The molecule has 0 aliphatic rings. The molecule has 0 saturated carbocycles. The molecule has 7 heteroatoms. The van der Waals surface area contributed by atoms with Crippen molar-refractivity contribution in [1.82, 2.24) is 0 Å². The first-order valence-corrected chi connectivity index (χ1v) is 4.47. The summed E-state index contributed by atoms with van der Waals surface area (Å²) in [5.41, 5.74) is 2.85. The van der Waals surface area contributed by atoms with Crippen LogP contribution >= 0.6 is 0 Å². The van der Waals surface area contributed by atoms with Gasteiger partial charge in [0.15, 0.2) is 0 Å². The minimum absolute atomic E-state index is 0. The second-order valence-corrected chi connectivity index (χ2v) is 3.50. The number of rotatable bonds is 2. The molecule has 13 heavy (non-hydrogen) atoms. The van der Waals surface area contributed by atoms with Gasteiger partial charge in [0.2, 0.25) is 0 Å². The number of hydrazine groups is 1. The Morgan fingerprint density at radius 1 is 1.23 bits per heavy atom. The second kappa shape index (κ2) is 4.94. The molecule has 3 N–H and O–H groups in total. The summed E-state index contributed by atoms with van der Waals surface area (Å²) in [6.45, 7) is 0. The molecular weight excluding hydrogens is 203 g/mol. The van der Waals surface area contributed by atoms with E-state index < -0.39 is 10.1 Å². The normalized spacial score (nSPS) is 10.3. The van der Waals surface area contributed by atoms with Gasteiger partial charge in [0.05, 0.1) is 4.90 Å². The number of benzene rings is 1. The van der Waals surface area contributed by atoms with Crippen molar-refractivity contribution in [3.63, 3.8) is 0 Å². The zero-order valence-electron chi connectivity index (χ0n) is 7.02. The van der Waals surface area contributed by atoms with Gasteiger partial charge in [-0.15, -0.1) is 0 Å². The minimum atomic E-state index is -4.35. The predicted molar refractivity (Wildman–Crippen MR) is 42.2 cm³/mol. The van der Waals surface area contributed by atoms with Gasteiger partial charge in [-0.05, 0) is 24.3 Å². The van der Waals surface area contributed by atoms with Gasteiger partial charge in [-0.1, -0.05) is 0 Å². The molecule has 66 valence electrons. The van der Waals surface area contributed by atoms with Crippen LogP contribution in [-0.2, 0) is 10.1 Å². The van der Waals surface area contributed by atoms with Gasteiger partial charge in [-0.3, -0.25) is 5.84 Å². The Morgan fingerprint density at radius 2 is 1.69 bits per heavy atom. The average molecular weight is 210 g/mol. The molecule has 0 atom stereocenters. The van der Waals surface area contributed by atoms with Crippen LogP contribution in [0.25, 0.3) is 0 Å². The van der Waals surface area contributed by atoms with Crippen LogP contribution in [0.15, 0.2) is 29.2 Å². The Hall–Kier alpha value is -0.110. The van der Waals surface area contributed by atoms with Crippen molar-refractivity contribution in [1.29, 1.82) is 0 Å². The van der Waals surface area contributed by atoms with E-state index in [-0.39, 0.29) is 34.5 Å². The van der Waals surface area contributed by atoms with Crippen molar-refractivity contribution >= 4 is 15.8 Å². The fourth-order valence-corrected chi connectivity index (χ4v) is 1.19. The van der Waals surface area contributed by atoms with Crippen molar-refractivity contribution in [2.24, 2.45) is 5.84 Å². The van der Waals surface area contributed by atoms with Crippen molar-refractivity contribution in [2.45, 2.75) is 4.90 Å². The van der Waals surface area contributed by atoms with Crippen LogP contribution in [0.2, 0.25) is 0 Å². The summed E-state index contributed by atoms with van der Waals surface area (Å²) in [6, 6.07) is 5.20. The van der Waals surface area contributed by atoms with Gasteiger partial charge in [0.1, 0.15) is 10.1 Å². The van der Waals surface area contributed by atoms with Crippen LogP contribution in [0.5, 0.6) is 0 Å². The maximum absolute atomic E-state index is 10.4. The van der Waals surface area contributed by atoms with Gasteiger partial charge in [0.25, 0.3) is 0 Å². The molecule has 0 aliphatic carbocycles. The Kier molecular flexibility index (Phi) is 4.90. The maximum Gasteiger partial charge on any atom is 1.00 e. The standard InChI is InChI=1S/C6H8N2O3S.Na/c7-8-5-1-3-6(4-2-5)12(9,10)11;/h1-4,8H,7H2,(H,9,10,11);/q;+1/p-1. The molecular formula is C6H7N2NaO3S. The Balaban J connectivity index is 0.00000144. The molecule has 0 bridgehead atoms. The fraction of sp³-hybridized carbons (Fsp3) is 0. The van der Waals surface area contributed by atoms with Crippen molar-refractivity contribution in [3.8, 4) is 0 Å². The Bertz CT molecular complexity index is 362. The topological polar surface area (TPSA) is 95.2 Å². The van der Waals surface area contributed by atoms with Gasteiger partial charge >= 0.3 is 29.6 Å². The number of hydrogen-bond donors (Lipinski definition) is 2. The van der Waals surface area contributed by atoms with Crippen LogP contribution < -0.4 is 40.8 Å². The molecule has 0 spiro atoms. The zero-order valence-corrected chi connectivity index (χ0v) is 9.84. The number of anilines is 1. The van der Waals surface area contributed by atoms with Gasteiger partial charge in [-0.2, -0.15) is 0 Å². The minimum Gasteiger partial charge on any atom is -0.744 e. The zero-order chi connectivity index (χ0) is 9.19. The van der Waals surface area contributed by atoms with Crippen LogP contribution in [0.4, 0.5) is 5.69 Å². The average Bonchev–Trinajstić information content (AvgIpc) is 2.03. The van der Waals surface area contributed by atoms with Crippen LogP contribution in [0, 0.1) is 0 Å². The summed E-state index contributed by atoms with van der Waals surface area (Å²) in [4.78, 5) is -0.262. The Morgan fingerprint density at radius 3 is 2.00 bits per heavy atom. The van der Waals surface area contributed by atoms with Crippen molar-refractivity contribution < 1.29 is 42.5 Å². The van der Waals surface area contributed by atoms with E-state index in [0.29, 0.717) is 5.69 Å². The third kappa shape index (κ3) is 3.63. The summed E-state index contributed by atoms with van der Waals surface area (Å²) in [6.07, 6.45) is 0. The molecule has 0 amide bonds. The fourth-order valence-electron chi connectivity index (χ4n) is 0.718. The molecule has 0 saturated heterocycles. The molecule has 0 aliphatic heterocycles. The molecule has 0 fully saturated rings. The number of hydrogen-bond acceptors (Lipinski definition) is 5. The van der Waals surface area contributed by atoms with Crippen molar-refractivity contribution in [3.05, 3.63) is 24.3 Å². The van der Waals surface area contributed by atoms with E-state index in [4.69, 9.17) is 5.84 Å². The van der Waals surface area contributed by atoms with E-state index in [1.54, 1.807) is 0 Å². The van der Waals surface area contributed by atoms with Gasteiger partial charge in [0, 0.05) is 5.69 Å². The van der Waals surface area contributed by atoms with Crippen LogP contribution in [0.1, 0.15) is 0 Å². The molecule has 0 radical (unpaired) electrons. The van der Waals surface area contributed by atoms with Crippen molar-refractivity contribution in [2.75, 3.05) is 5.43 Å².